The van der Waals surface area contributed by atoms with Crippen molar-refractivity contribution >= 4 is 11.8 Å². The van der Waals surface area contributed by atoms with E-state index in [1.807, 2.05) is 13.0 Å². The van der Waals surface area contributed by atoms with Crippen LogP contribution in [0.4, 0.5) is 11.8 Å². The highest BCUT2D eigenvalue weighted by Gasteiger charge is 2.28. The molecule has 2 saturated carbocycles. The molecule has 0 aromatic carbocycles. The minimum absolute atomic E-state index is 0.261. The molecule has 0 unspecified atom stereocenters. The van der Waals surface area contributed by atoms with Crippen molar-refractivity contribution in [1.29, 1.82) is 0 Å². The minimum atomic E-state index is -0.581. The van der Waals surface area contributed by atoms with Crippen molar-refractivity contribution in [3.63, 3.8) is 0 Å². The molecule has 6 nitrogen and oxygen atoms in total. The van der Waals surface area contributed by atoms with Crippen LogP contribution in [-0.2, 0) is 4.74 Å². The molecule has 1 aromatic heterocycles. The fourth-order valence-electron chi connectivity index (χ4n) is 4.10. The Hall–Kier alpha value is -1.40. The summed E-state index contributed by atoms with van der Waals surface area (Å²) in [6, 6.07) is 2.59. The number of methoxy groups -OCH3 is 1. The van der Waals surface area contributed by atoms with E-state index in [0.29, 0.717) is 18.1 Å². The Balaban J connectivity index is 1.56. The van der Waals surface area contributed by atoms with E-state index in [1.54, 1.807) is 13.3 Å². The van der Waals surface area contributed by atoms with Gasteiger partial charge in [0.15, 0.2) is 0 Å². The monoisotopic (exact) mass is 348 g/mol. The Bertz CT molecular complexity index is 544. The van der Waals surface area contributed by atoms with Gasteiger partial charge in [0.25, 0.3) is 0 Å². The third-order valence-electron chi connectivity index (χ3n) is 5.55. The summed E-state index contributed by atoms with van der Waals surface area (Å²) >= 11 is 0. The summed E-state index contributed by atoms with van der Waals surface area (Å²) in [7, 11) is 1.79. The minimum Gasteiger partial charge on any atom is -0.390 e. The number of rotatable bonds is 5. The summed E-state index contributed by atoms with van der Waals surface area (Å²) in [5.74, 6) is 1.53. The first-order chi connectivity index (χ1) is 12.0. The molecule has 2 fully saturated rings. The van der Waals surface area contributed by atoms with Crippen LogP contribution in [0.15, 0.2) is 12.3 Å². The largest absolute Gasteiger partial charge is 0.390 e. The van der Waals surface area contributed by atoms with E-state index >= 15 is 0 Å². The lowest BCUT2D eigenvalue weighted by Crippen LogP contribution is -2.32. The van der Waals surface area contributed by atoms with E-state index in [-0.39, 0.29) is 6.04 Å². The van der Waals surface area contributed by atoms with Crippen LogP contribution in [0.2, 0.25) is 0 Å². The van der Waals surface area contributed by atoms with E-state index in [4.69, 9.17) is 4.74 Å². The lowest BCUT2D eigenvalue weighted by molar-refractivity contribution is 0.0420. The maximum absolute atomic E-state index is 10.4. The van der Waals surface area contributed by atoms with Gasteiger partial charge in [0.1, 0.15) is 5.82 Å². The number of hydrogen-bond acceptors (Lipinski definition) is 6. The highest BCUT2D eigenvalue weighted by Crippen LogP contribution is 2.28. The van der Waals surface area contributed by atoms with Crippen LogP contribution < -0.4 is 10.6 Å². The molecule has 3 rings (SSSR count). The third kappa shape index (κ3) is 5.54. The van der Waals surface area contributed by atoms with Crippen molar-refractivity contribution < 1.29 is 9.84 Å². The Morgan fingerprint density at radius 3 is 2.68 bits per heavy atom. The Labute approximate surface area is 150 Å². The van der Waals surface area contributed by atoms with Gasteiger partial charge in [0, 0.05) is 25.4 Å². The highest BCUT2D eigenvalue weighted by atomic mass is 16.5. The van der Waals surface area contributed by atoms with Gasteiger partial charge in [-0.25, -0.2) is 4.98 Å². The normalized spacial score (nSPS) is 33.5. The fraction of sp³-hybridized carbons (Fsp3) is 0.789. The summed E-state index contributed by atoms with van der Waals surface area (Å²) < 4.78 is 5.43. The molecule has 2 atom stereocenters. The zero-order valence-corrected chi connectivity index (χ0v) is 15.5. The van der Waals surface area contributed by atoms with Crippen molar-refractivity contribution in [2.75, 3.05) is 17.7 Å². The Kier molecular flexibility index (Phi) is 6.12. The van der Waals surface area contributed by atoms with Gasteiger partial charge in [-0.15, -0.1) is 0 Å². The number of hydrogen-bond donors (Lipinski definition) is 3. The molecule has 6 heteroatoms. The topological polar surface area (TPSA) is 79.3 Å². The molecular weight excluding hydrogens is 316 g/mol. The standard InChI is InChI=1S/C19H32N4O2/c1-19(24)11-4-3-5-15(13-19)21-17-10-12-20-18(23-17)22-14-6-8-16(25-2)9-7-14/h10,12,14-16,24H,3-9,11,13H2,1-2H3,(H2,20,21,22,23)/t14?,15-,16?,19-/m1/s1. The van der Waals surface area contributed by atoms with Crippen LogP contribution in [-0.4, -0.2) is 46.0 Å². The molecule has 0 aliphatic heterocycles. The van der Waals surface area contributed by atoms with E-state index in [9.17, 15) is 5.11 Å². The number of anilines is 2. The van der Waals surface area contributed by atoms with Gasteiger partial charge in [-0.05, 0) is 57.9 Å². The molecule has 0 radical (unpaired) electrons. The van der Waals surface area contributed by atoms with Crippen LogP contribution in [0.5, 0.6) is 0 Å². The molecule has 0 saturated heterocycles. The first kappa shape index (κ1) is 18.4. The summed E-state index contributed by atoms with van der Waals surface area (Å²) in [5.41, 5.74) is -0.581. The smallest absolute Gasteiger partial charge is 0.224 e. The van der Waals surface area contributed by atoms with Crippen molar-refractivity contribution in [3.05, 3.63) is 12.3 Å². The van der Waals surface area contributed by atoms with E-state index in [1.165, 1.54) is 0 Å². The average Bonchev–Trinajstić information content (AvgIpc) is 2.76. The van der Waals surface area contributed by atoms with Gasteiger partial charge >= 0.3 is 0 Å². The second-order valence-electron chi connectivity index (χ2n) is 7.91. The van der Waals surface area contributed by atoms with Crippen molar-refractivity contribution in [2.24, 2.45) is 0 Å². The quantitative estimate of drug-likeness (QED) is 0.708. The third-order valence-corrected chi connectivity index (χ3v) is 5.55. The predicted molar refractivity (Wildman–Crippen MR) is 99.8 cm³/mol. The molecule has 1 heterocycles. The van der Waals surface area contributed by atoms with Gasteiger partial charge in [-0.2, -0.15) is 4.98 Å². The van der Waals surface area contributed by atoms with Crippen molar-refractivity contribution in [3.8, 4) is 0 Å². The van der Waals surface area contributed by atoms with Gasteiger partial charge in [0.05, 0.1) is 11.7 Å². The fourth-order valence-corrected chi connectivity index (χ4v) is 4.10. The first-order valence-electron chi connectivity index (χ1n) is 9.65. The second-order valence-corrected chi connectivity index (χ2v) is 7.91. The molecule has 0 spiro atoms. The average molecular weight is 348 g/mol. The predicted octanol–water partition coefficient (Wildman–Crippen LogP) is 3.34. The molecule has 0 bridgehead atoms. The molecule has 2 aliphatic carbocycles. The summed E-state index contributed by atoms with van der Waals surface area (Å²) in [5, 5.41) is 17.4. The summed E-state index contributed by atoms with van der Waals surface area (Å²) in [4.78, 5) is 9.00. The number of aromatic nitrogens is 2. The van der Waals surface area contributed by atoms with E-state index in [0.717, 1.165) is 63.6 Å². The zero-order chi connectivity index (χ0) is 17.7. The van der Waals surface area contributed by atoms with E-state index < -0.39 is 5.60 Å². The van der Waals surface area contributed by atoms with Crippen molar-refractivity contribution in [2.45, 2.75) is 88.5 Å². The Morgan fingerprint density at radius 2 is 1.92 bits per heavy atom. The van der Waals surface area contributed by atoms with Gasteiger partial charge in [-0.3, -0.25) is 0 Å². The lowest BCUT2D eigenvalue weighted by atomic mass is 9.93. The molecule has 1 aromatic rings. The maximum Gasteiger partial charge on any atom is 0.224 e. The number of ether oxygens (including phenoxy) is 1. The summed E-state index contributed by atoms with van der Waals surface area (Å²) in [6.07, 6.45) is 11.5. The van der Waals surface area contributed by atoms with Crippen LogP contribution in [0, 0.1) is 0 Å². The van der Waals surface area contributed by atoms with Crippen LogP contribution in [0.25, 0.3) is 0 Å². The molecular formula is C19H32N4O2. The maximum atomic E-state index is 10.4. The van der Waals surface area contributed by atoms with E-state index in [2.05, 4.69) is 20.6 Å². The SMILES string of the molecule is COC1CCC(Nc2nccc(N[C@@H]3CCCC[C@@](C)(O)C3)n2)CC1. The number of nitrogens with one attached hydrogen (secondary N) is 2. The Morgan fingerprint density at radius 1 is 1.12 bits per heavy atom. The summed E-state index contributed by atoms with van der Waals surface area (Å²) in [6.45, 7) is 1.94. The van der Waals surface area contributed by atoms with Gasteiger partial charge < -0.3 is 20.5 Å². The molecule has 25 heavy (non-hydrogen) atoms. The van der Waals surface area contributed by atoms with Gasteiger partial charge in [-0.1, -0.05) is 12.8 Å². The van der Waals surface area contributed by atoms with Crippen LogP contribution in [0.3, 0.4) is 0 Å². The van der Waals surface area contributed by atoms with Crippen LogP contribution >= 0.6 is 0 Å². The lowest BCUT2D eigenvalue weighted by Gasteiger charge is -2.28. The molecule has 3 N–H and O–H groups in total. The van der Waals surface area contributed by atoms with Crippen LogP contribution in [0.1, 0.15) is 64.7 Å². The molecule has 2 aliphatic rings. The number of nitrogens with zero attached hydrogens (tertiary/aromatic N) is 2. The van der Waals surface area contributed by atoms with Gasteiger partial charge in [0.2, 0.25) is 5.95 Å². The molecule has 140 valence electrons. The zero-order valence-electron chi connectivity index (χ0n) is 15.5. The number of aliphatic hydroxyl groups is 1. The molecule has 0 amide bonds. The highest BCUT2D eigenvalue weighted by molar-refractivity contribution is 5.41. The second kappa shape index (κ2) is 8.32. The first-order valence-corrected chi connectivity index (χ1v) is 9.65. The van der Waals surface area contributed by atoms with Crippen molar-refractivity contribution in [1.82, 2.24) is 9.97 Å².